The molecule has 0 N–H and O–H groups in total. The molecule has 0 saturated carbocycles. The lowest BCUT2D eigenvalue weighted by Crippen LogP contribution is -2.59. The van der Waals surface area contributed by atoms with Crippen molar-refractivity contribution in [2.75, 3.05) is 53.5 Å². The van der Waals surface area contributed by atoms with E-state index in [-0.39, 0.29) is 30.5 Å². The van der Waals surface area contributed by atoms with Crippen LogP contribution < -0.4 is 0 Å². The number of esters is 4. The Labute approximate surface area is 393 Å². The Morgan fingerprint density at radius 2 is 0.719 bits per heavy atom. The van der Waals surface area contributed by atoms with Gasteiger partial charge in [-0.3, -0.25) is 19.2 Å². The van der Waals surface area contributed by atoms with Gasteiger partial charge in [-0.05, 0) is 26.9 Å². The van der Waals surface area contributed by atoms with Crippen molar-refractivity contribution in [2.24, 2.45) is 33.5 Å². The Morgan fingerprint density at radius 1 is 0.422 bits per heavy atom. The summed E-state index contributed by atoms with van der Waals surface area (Å²) in [4.78, 5) is 61.4. The number of nitrogens with zero attached hydrogens (tertiary/aromatic N) is 2. The van der Waals surface area contributed by atoms with Gasteiger partial charge in [0.15, 0.2) is 0 Å². The van der Waals surface area contributed by atoms with Crippen LogP contribution in [-0.2, 0) is 38.1 Å². The zero-order chi connectivity index (χ0) is 47.8. The van der Waals surface area contributed by atoms with E-state index in [1.54, 1.807) is 0 Å². The van der Waals surface area contributed by atoms with Gasteiger partial charge in [0.25, 0.3) is 0 Å². The van der Waals surface area contributed by atoms with Crippen molar-refractivity contribution < 1.29 is 38.1 Å². The number of piperidine rings is 2. The lowest BCUT2D eigenvalue weighted by Gasteiger charge is -2.52. The number of ether oxygens (including phenoxy) is 4. The van der Waals surface area contributed by atoms with Crippen molar-refractivity contribution >= 4 is 23.9 Å². The summed E-state index contributed by atoms with van der Waals surface area (Å²) in [6.45, 7) is 24.5. The maximum Gasteiger partial charge on any atom is 0.310 e. The smallest absolute Gasteiger partial charge is 0.310 e. The molecule has 64 heavy (non-hydrogen) atoms. The van der Waals surface area contributed by atoms with Gasteiger partial charge in [-0.15, -0.1) is 0 Å². The highest BCUT2D eigenvalue weighted by Gasteiger charge is 2.52. The van der Waals surface area contributed by atoms with E-state index >= 15 is 0 Å². The first-order chi connectivity index (χ1) is 30.2. The van der Waals surface area contributed by atoms with E-state index in [0.717, 1.165) is 51.6 Å². The van der Waals surface area contributed by atoms with Crippen molar-refractivity contribution in [1.82, 2.24) is 9.80 Å². The van der Waals surface area contributed by atoms with Gasteiger partial charge < -0.3 is 28.7 Å². The lowest BCUT2D eigenvalue weighted by atomic mass is 9.68. The highest BCUT2D eigenvalue weighted by atomic mass is 16.6. The van der Waals surface area contributed by atoms with Crippen LogP contribution in [0.2, 0.25) is 0 Å². The van der Waals surface area contributed by atoms with Crippen LogP contribution in [0.15, 0.2) is 0 Å². The Balaban J connectivity index is 2.25. The summed E-state index contributed by atoms with van der Waals surface area (Å²) in [5, 5.41) is 0. The molecule has 0 amide bonds. The van der Waals surface area contributed by atoms with Crippen molar-refractivity contribution in [1.29, 1.82) is 0 Å². The Hall–Kier alpha value is -2.20. The molecule has 2 aliphatic rings. The molecule has 10 nitrogen and oxygen atoms in total. The van der Waals surface area contributed by atoms with Gasteiger partial charge >= 0.3 is 23.9 Å². The SMILES string of the molecule is CCCCCCCCCCCCCOC(=O)CC(C(=O)OCCCCCCCCCCCCC)C(CC(=O)OC1C(C)(C)CN(C)CC1(C)C)C(=O)OC1C(C)(C)CN(C)CC1(C)C. The third-order valence-corrected chi connectivity index (χ3v) is 13.9. The van der Waals surface area contributed by atoms with Gasteiger partial charge in [0.05, 0.1) is 37.9 Å². The summed E-state index contributed by atoms with van der Waals surface area (Å²) in [5.74, 6) is -5.08. The van der Waals surface area contributed by atoms with E-state index in [9.17, 15) is 19.2 Å². The van der Waals surface area contributed by atoms with E-state index in [1.807, 2.05) is 0 Å². The van der Waals surface area contributed by atoms with Gasteiger partial charge in [0.2, 0.25) is 0 Å². The molecular weight excluding hydrogens is 805 g/mol. The van der Waals surface area contributed by atoms with E-state index in [0.29, 0.717) is 19.5 Å². The van der Waals surface area contributed by atoms with Crippen LogP contribution in [-0.4, -0.2) is 99.4 Å². The fraction of sp³-hybridized carbons (Fsp3) is 0.926. The predicted octanol–water partition coefficient (Wildman–Crippen LogP) is 12.5. The fourth-order valence-corrected chi connectivity index (χ4v) is 11.6. The van der Waals surface area contributed by atoms with Crippen LogP contribution in [0.3, 0.4) is 0 Å². The molecule has 0 bridgehead atoms. The van der Waals surface area contributed by atoms with Gasteiger partial charge in [-0.25, -0.2) is 0 Å². The molecule has 374 valence electrons. The summed E-state index contributed by atoms with van der Waals surface area (Å²) in [7, 11) is 4.14. The van der Waals surface area contributed by atoms with E-state index in [2.05, 4.69) is 93.1 Å². The number of unbranched alkanes of at least 4 members (excludes halogenated alkanes) is 20. The molecule has 10 heteroatoms. The van der Waals surface area contributed by atoms with Crippen molar-refractivity contribution in [3.8, 4) is 0 Å². The maximum absolute atomic E-state index is 14.8. The Kier molecular flexibility index (Phi) is 26.7. The summed E-state index contributed by atoms with van der Waals surface area (Å²) in [5.41, 5.74) is -1.57. The molecule has 0 aromatic heterocycles. The molecule has 2 unspecified atom stereocenters. The predicted molar refractivity (Wildman–Crippen MR) is 261 cm³/mol. The highest BCUT2D eigenvalue weighted by Crippen LogP contribution is 2.44. The minimum atomic E-state index is -1.30. The van der Waals surface area contributed by atoms with E-state index in [4.69, 9.17) is 18.9 Å². The zero-order valence-corrected chi connectivity index (χ0v) is 43.7. The molecule has 2 atom stereocenters. The molecule has 0 radical (unpaired) electrons. The molecular formula is C54H100N2O8. The van der Waals surface area contributed by atoms with Crippen molar-refractivity contribution in [3.05, 3.63) is 0 Å². The Bertz CT molecular complexity index is 1310. The van der Waals surface area contributed by atoms with Crippen molar-refractivity contribution in [3.63, 3.8) is 0 Å². The minimum absolute atomic E-state index is 0.180. The number of carbonyl (C=O) groups is 4. The summed E-state index contributed by atoms with van der Waals surface area (Å²) in [6.07, 6.45) is 24.1. The van der Waals surface area contributed by atoms with Gasteiger partial charge in [-0.2, -0.15) is 0 Å². The standard InChI is InChI=1S/C54H100N2O8/c1-13-15-17-19-21-23-25-27-29-31-33-35-61-45(57)37-43(47(59)62-36-34-32-30-28-26-24-22-20-18-16-14-2)44(48(60)64-50-53(7,8)41-56(12)42-54(50,9)10)38-46(58)63-49-51(3,4)39-55(11)40-52(49,5)6/h43-44,49-50H,13-42H2,1-12H3. The van der Waals surface area contributed by atoms with E-state index < -0.39 is 65.2 Å². The number of carbonyl (C=O) groups excluding carboxylic acids is 4. The zero-order valence-electron chi connectivity index (χ0n) is 43.7. The molecule has 0 aromatic carbocycles. The third kappa shape index (κ3) is 21.6. The molecule has 0 aliphatic carbocycles. The first-order valence-corrected chi connectivity index (χ1v) is 26.3. The summed E-state index contributed by atoms with van der Waals surface area (Å²) >= 11 is 0. The molecule has 2 saturated heterocycles. The normalized spacial score (nSPS) is 19.8. The monoisotopic (exact) mass is 905 g/mol. The first kappa shape index (κ1) is 57.9. The molecule has 2 heterocycles. The van der Waals surface area contributed by atoms with Crippen LogP contribution in [0.1, 0.15) is 223 Å². The molecule has 2 aliphatic heterocycles. The molecule has 2 fully saturated rings. The lowest BCUT2D eigenvalue weighted by molar-refractivity contribution is -0.191. The Morgan fingerprint density at radius 3 is 1.09 bits per heavy atom. The average Bonchev–Trinajstić information content (AvgIpc) is 3.18. The number of rotatable bonds is 33. The molecule has 0 spiro atoms. The summed E-state index contributed by atoms with van der Waals surface area (Å²) in [6, 6.07) is 0. The largest absolute Gasteiger partial charge is 0.466 e. The number of hydrogen-bond acceptors (Lipinski definition) is 10. The van der Waals surface area contributed by atoms with Crippen molar-refractivity contribution in [2.45, 2.75) is 236 Å². The van der Waals surface area contributed by atoms with Crippen LogP contribution in [0.25, 0.3) is 0 Å². The van der Waals surface area contributed by atoms with Crippen LogP contribution in [0.4, 0.5) is 0 Å². The third-order valence-electron chi connectivity index (χ3n) is 13.9. The second-order valence-corrected chi connectivity index (χ2v) is 23.1. The highest BCUT2D eigenvalue weighted by molar-refractivity contribution is 5.88. The van der Waals surface area contributed by atoms with Crippen LogP contribution in [0.5, 0.6) is 0 Å². The number of likely N-dealkylation sites (tertiary alicyclic amines) is 2. The van der Waals surface area contributed by atoms with E-state index in [1.165, 1.54) is 96.3 Å². The quantitative estimate of drug-likeness (QED) is 0.0358. The minimum Gasteiger partial charge on any atom is -0.466 e. The average molecular weight is 905 g/mol. The van der Waals surface area contributed by atoms with Crippen LogP contribution >= 0.6 is 0 Å². The second-order valence-electron chi connectivity index (χ2n) is 23.1. The fourth-order valence-electron chi connectivity index (χ4n) is 11.6. The van der Waals surface area contributed by atoms with Gasteiger partial charge in [0.1, 0.15) is 12.2 Å². The van der Waals surface area contributed by atoms with Gasteiger partial charge in [-0.1, -0.05) is 198 Å². The topological polar surface area (TPSA) is 112 Å². The van der Waals surface area contributed by atoms with Gasteiger partial charge in [0, 0.05) is 47.8 Å². The summed E-state index contributed by atoms with van der Waals surface area (Å²) < 4.78 is 24.5. The number of hydrogen-bond donors (Lipinski definition) is 0. The van der Waals surface area contributed by atoms with Crippen LogP contribution in [0, 0.1) is 33.5 Å². The molecule has 0 aromatic rings. The second kappa shape index (κ2) is 29.5. The maximum atomic E-state index is 14.8. The first-order valence-electron chi connectivity index (χ1n) is 26.3. The molecule has 2 rings (SSSR count).